The fourth-order valence-electron chi connectivity index (χ4n) is 2.05. The van der Waals surface area contributed by atoms with E-state index in [1.165, 1.54) is 6.92 Å². The van der Waals surface area contributed by atoms with Gasteiger partial charge >= 0.3 is 0 Å². The molecule has 0 fully saturated rings. The third-order valence-corrected chi connectivity index (χ3v) is 3.70. The smallest absolute Gasteiger partial charge is 0.253 e. The minimum Gasteiger partial charge on any atom is -0.345 e. The molecule has 132 valence electrons. The number of carbonyl (C=O) groups excluding carboxylic acids is 5. The number of carbonyl (C=O) groups is 5. The lowest BCUT2D eigenvalue weighted by molar-refractivity contribution is -0.137. The summed E-state index contributed by atoms with van der Waals surface area (Å²) in [5, 5.41) is 5.13. The zero-order valence-electron chi connectivity index (χ0n) is 14.3. The van der Waals surface area contributed by atoms with Gasteiger partial charge in [-0.1, -0.05) is 13.8 Å². The molecule has 8 nitrogen and oxygen atoms in total. The highest BCUT2D eigenvalue weighted by Gasteiger charge is 2.27. The van der Waals surface area contributed by atoms with Gasteiger partial charge in [0.25, 0.3) is 11.8 Å². The zero-order valence-corrected chi connectivity index (χ0v) is 14.3. The number of rotatable bonds is 8. The molecule has 24 heavy (non-hydrogen) atoms. The minimum atomic E-state index is -0.803. The molecule has 1 aliphatic heterocycles. The molecular formula is C16H23N3O5. The van der Waals surface area contributed by atoms with E-state index in [1.54, 1.807) is 20.8 Å². The molecule has 2 atom stereocenters. The number of ketones is 1. The zero-order chi connectivity index (χ0) is 18.4. The van der Waals surface area contributed by atoms with Crippen molar-refractivity contribution in [1.29, 1.82) is 0 Å². The van der Waals surface area contributed by atoms with Gasteiger partial charge in [0, 0.05) is 25.1 Å². The average molecular weight is 337 g/mol. The Morgan fingerprint density at radius 2 is 1.58 bits per heavy atom. The summed E-state index contributed by atoms with van der Waals surface area (Å²) in [6.45, 7) is 6.41. The molecule has 0 unspecified atom stereocenters. The number of hydrogen-bond acceptors (Lipinski definition) is 5. The van der Waals surface area contributed by atoms with Crippen molar-refractivity contribution in [2.24, 2.45) is 5.92 Å². The average Bonchev–Trinajstić information content (AvgIpc) is 2.80. The van der Waals surface area contributed by atoms with Crippen LogP contribution in [-0.4, -0.2) is 52.9 Å². The van der Waals surface area contributed by atoms with Crippen LogP contribution in [-0.2, 0) is 24.0 Å². The molecule has 0 spiro atoms. The first kappa shape index (κ1) is 19.5. The van der Waals surface area contributed by atoms with E-state index < -0.39 is 35.7 Å². The van der Waals surface area contributed by atoms with Crippen molar-refractivity contribution in [3.63, 3.8) is 0 Å². The minimum absolute atomic E-state index is 0.0488. The fraction of sp³-hybridized carbons (Fsp3) is 0.562. The fourth-order valence-corrected chi connectivity index (χ4v) is 2.05. The first-order valence-corrected chi connectivity index (χ1v) is 7.77. The molecule has 0 saturated carbocycles. The van der Waals surface area contributed by atoms with Crippen LogP contribution in [0.25, 0.3) is 0 Å². The van der Waals surface area contributed by atoms with Gasteiger partial charge in [0.1, 0.15) is 6.04 Å². The van der Waals surface area contributed by atoms with Gasteiger partial charge in [-0.15, -0.1) is 0 Å². The molecule has 4 amide bonds. The first-order valence-electron chi connectivity index (χ1n) is 7.77. The topological polar surface area (TPSA) is 113 Å². The van der Waals surface area contributed by atoms with E-state index in [0.29, 0.717) is 0 Å². The molecule has 0 aromatic heterocycles. The van der Waals surface area contributed by atoms with Gasteiger partial charge in [-0.3, -0.25) is 28.9 Å². The van der Waals surface area contributed by atoms with Crippen molar-refractivity contribution in [1.82, 2.24) is 15.5 Å². The Morgan fingerprint density at radius 3 is 2.04 bits per heavy atom. The van der Waals surface area contributed by atoms with E-state index in [-0.39, 0.29) is 24.7 Å². The van der Waals surface area contributed by atoms with Gasteiger partial charge in [-0.05, 0) is 19.8 Å². The number of hydrogen-bond donors (Lipinski definition) is 2. The van der Waals surface area contributed by atoms with Crippen LogP contribution in [0.5, 0.6) is 0 Å². The summed E-state index contributed by atoms with van der Waals surface area (Å²) in [5.74, 6) is -2.19. The molecule has 1 rings (SSSR count). The second-order valence-electron chi connectivity index (χ2n) is 6.04. The summed E-state index contributed by atoms with van der Waals surface area (Å²) in [7, 11) is 0. The largest absolute Gasteiger partial charge is 0.345 e. The molecule has 0 bridgehead atoms. The summed E-state index contributed by atoms with van der Waals surface area (Å²) < 4.78 is 0. The van der Waals surface area contributed by atoms with Gasteiger partial charge < -0.3 is 10.6 Å². The van der Waals surface area contributed by atoms with Crippen LogP contribution in [0.2, 0.25) is 0 Å². The summed E-state index contributed by atoms with van der Waals surface area (Å²) in [6.07, 6.45) is 2.19. The predicted molar refractivity (Wildman–Crippen MR) is 85.5 cm³/mol. The number of imide groups is 1. The van der Waals surface area contributed by atoms with Crippen LogP contribution in [0, 0.1) is 5.92 Å². The molecule has 0 aliphatic carbocycles. The van der Waals surface area contributed by atoms with E-state index in [2.05, 4.69) is 10.6 Å². The summed E-state index contributed by atoms with van der Waals surface area (Å²) in [5.41, 5.74) is 0. The van der Waals surface area contributed by atoms with E-state index in [0.717, 1.165) is 17.1 Å². The van der Waals surface area contributed by atoms with Gasteiger partial charge in [-0.2, -0.15) is 0 Å². The highest BCUT2D eigenvalue weighted by Crippen LogP contribution is 2.06. The Hall–Kier alpha value is -2.51. The lowest BCUT2D eigenvalue weighted by Gasteiger charge is -2.23. The van der Waals surface area contributed by atoms with Gasteiger partial charge in [0.15, 0.2) is 5.78 Å². The Labute approximate surface area is 140 Å². The van der Waals surface area contributed by atoms with Crippen molar-refractivity contribution in [2.75, 3.05) is 6.54 Å². The van der Waals surface area contributed by atoms with E-state index >= 15 is 0 Å². The van der Waals surface area contributed by atoms with Crippen molar-refractivity contribution >= 4 is 29.4 Å². The third kappa shape index (κ3) is 5.29. The second kappa shape index (κ2) is 8.37. The molecule has 8 heteroatoms. The summed E-state index contributed by atoms with van der Waals surface area (Å²) in [4.78, 5) is 59.2. The molecule has 2 N–H and O–H groups in total. The van der Waals surface area contributed by atoms with E-state index in [9.17, 15) is 24.0 Å². The Bertz CT molecular complexity index is 564. The van der Waals surface area contributed by atoms with Gasteiger partial charge in [0.05, 0.1) is 6.04 Å². The quantitative estimate of drug-likeness (QED) is 0.582. The highest BCUT2D eigenvalue weighted by molar-refractivity contribution is 6.13. The van der Waals surface area contributed by atoms with E-state index in [1.807, 2.05) is 0 Å². The molecular weight excluding hydrogens is 314 g/mol. The summed E-state index contributed by atoms with van der Waals surface area (Å²) in [6, 6.07) is -1.44. The first-order chi connectivity index (χ1) is 11.1. The maximum atomic E-state index is 12.2. The number of Topliss-reactive ketones (excluding diaryl/α,β-unsaturated/α-hetero) is 1. The van der Waals surface area contributed by atoms with Crippen molar-refractivity contribution in [3.05, 3.63) is 12.2 Å². The SMILES string of the molecule is CC(=O)[C@H](C)NC(=O)[C@@H](NC(=O)CCN1C(=O)C=CC1=O)C(C)C. The lowest BCUT2D eigenvalue weighted by Crippen LogP contribution is -2.53. The lowest BCUT2D eigenvalue weighted by atomic mass is 10.0. The van der Waals surface area contributed by atoms with Crippen molar-refractivity contribution in [2.45, 2.75) is 46.2 Å². The van der Waals surface area contributed by atoms with Crippen LogP contribution in [0.1, 0.15) is 34.1 Å². The number of nitrogens with one attached hydrogen (secondary N) is 2. The Morgan fingerprint density at radius 1 is 1.04 bits per heavy atom. The Kier molecular flexibility index (Phi) is 6.82. The number of nitrogens with zero attached hydrogens (tertiary/aromatic N) is 1. The van der Waals surface area contributed by atoms with E-state index in [4.69, 9.17) is 0 Å². The summed E-state index contributed by atoms with van der Waals surface area (Å²) >= 11 is 0. The highest BCUT2D eigenvalue weighted by atomic mass is 16.2. The second-order valence-corrected chi connectivity index (χ2v) is 6.04. The molecule has 0 radical (unpaired) electrons. The van der Waals surface area contributed by atoms with Gasteiger partial charge in [-0.25, -0.2) is 0 Å². The van der Waals surface area contributed by atoms with Crippen LogP contribution >= 0.6 is 0 Å². The van der Waals surface area contributed by atoms with Crippen LogP contribution < -0.4 is 10.6 Å². The Balaban J connectivity index is 2.57. The van der Waals surface area contributed by atoms with Gasteiger partial charge in [0.2, 0.25) is 11.8 Å². The predicted octanol–water partition coefficient (Wildman–Crippen LogP) is -0.464. The van der Waals surface area contributed by atoms with Crippen molar-refractivity contribution < 1.29 is 24.0 Å². The molecule has 1 aliphatic rings. The molecule has 1 heterocycles. The normalized spacial score (nSPS) is 16.3. The van der Waals surface area contributed by atoms with Crippen LogP contribution in [0.4, 0.5) is 0 Å². The molecule has 0 aromatic rings. The third-order valence-electron chi connectivity index (χ3n) is 3.70. The standard InChI is InChI=1S/C16H23N3O5/c1-9(2)15(16(24)17-10(3)11(4)20)18-12(21)7-8-19-13(22)5-6-14(19)23/h5-6,9-10,15H,7-8H2,1-4H3,(H,17,24)(H,18,21)/t10-,15-/m0/s1. The maximum absolute atomic E-state index is 12.2. The monoisotopic (exact) mass is 337 g/mol. The van der Waals surface area contributed by atoms with Crippen molar-refractivity contribution in [3.8, 4) is 0 Å². The van der Waals surface area contributed by atoms with Crippen LogP contribution in [0.3, 0.4) is 0 Å². The van der Waals surface area contributed by atoms with Crippen LogP contribution in [0.15, 0.2) is 12.2 Å². The molecule has 0 aromatic carbocycles. The maximum Gasteiger partial charge on any atom is 0.253 e. The molecule has 0 saturated heterocycles. The number of amides is 4.